The zero-order valence-corrected chi connectivity index (χ0v) is 20.0. The maximum atomic E-state index is 13.6. The molecule has 3 aromatic carbocycles. The summed E-state index contributed by atoms with van der Waals surface area (Å²) in [6.45, 7) is 2.79. The number of anilines is 1. The van der Waals surface area contributed by atoms with Crippen molar-refractivity contribution in [2.45, 2.75) is 23.6 Å². The number of halogens is 1. The third-order valence-electron chi connectivity index (χ3n) is 4.81. The minimum Gasteiger partial charge on any atom is -0.258 e. The minimum atomic E-state index is -4.98. The van der Waals surface area contributed by atoms with Crippen molar-refractivity contribution in [1.82, 2.24) is 0 Å². The van der Waals surface area contributed by atoms with Crippen LogP contribution in [0.15, 0.2) is 70.5 Å². The summed E-state index contributed by atoms with van der Waals surface area (Å²) < 4.78 is 54.4. The predicted molar refractivity (Wildman–Crippen MR) is 124 cm³/mol. The Morgan fingerprint density at radius 1 is 0.735 bits per heavy atom. The number of benzene rings is 3. The normalized spacial score (nSPS) is 11.7. The average Bonchev–Trinajstić information content (AvgIpc) is 2.73. The number of sulfonamides is 2. The summed E-state index contributed by atoms with van der Waals surface area (Å²) in [4.78, 5) is 19.7. The molecule has 34 heavy (non-hydrogen) atoms. The van der Waals surface area contributed by atoms with E-state index in [1.807, 2.05) is 0 Å². The lowest BCUT2D eigenvalue weighted by Crippen LogP contribution is -2.37. The van der Waals surface area contributed by atoms with Crippen molar-refractivity contribution in [3.8, 4) is 0 Å². The Labute approximate surface area is 199 Å². The number of nitro groups is 2. The van der Waals surface area contributed by atoms with Crippen LogP contribution in [-0.4, -0.2) is 26.7 Å². The van der Waals surface area contributed by atoms with Crippen LogP contribution in [0.25, 0.3) is 0 Å². The highest BCUT2D eigenvalue weighted by Gasteiger charge is 2.38. The number of nitro benzene ring substituents is 2. The third kappa shape index (κ3) is 4.58. The molecule has 0 spiro atoms. The second kappa shape index (κ2) is 9.00. The molecule has 0 radical (unpaired) electrons. The zero-order valence-electron chi connectivity index (χ0n) is 17.6. The largest absolute Gasteiger partial charge is 0.277 e. The lowest BCUT2D eigenvalue weighted by atomic mass is 10.2. The molecule has 0 heterocycles. The summed E-state index contributed by atoms with van der Waals surface area (Å²) in [5.74, 6) is 0. The van der Waals surface area contributed by atoms with Gasteiger partial charge in [-0.15, -0.1) is 0 Å². The Morgan fingerprint density at radius 2 is 1.18 bits per heavy atom. The van der Waals surface area contributed by atoms with Gasteiger partial charge in [0, 0.05) is 28.3 Å². The maximum absolute atomic E-state index is 13.6. The van der Waals surface area contributed by atoms with Gasteiger partial charge in [0.25, 0.3) is 31.4 Å². The maximum Gasteiger partial charge on any atom is 0.277 e. The molecule has 3 rings (SSSR count). The fourth-order valence-corrected chi connectivity index (χ4v) is 6.98. The van der Waals surface area contributed by atoms with E-state index in [0.29, 0.717) is 0 Å². The lowest BCUT2D eigenvalue weighted by Gasteiger charge is -2.24. The second-order valence-corrected chi connectivity index (χ2v) is 11.3. The topological polar surface area (TPSA) is 158 Å². The van der Waals surface area contributed by atoms with E-state index in [4.69, 9.17) is 11.6 Å². The van der Waals surface area contributed by atoms with Crippen LogP contribution < -0.4 is 3.71 Å². The molecule has 0 amide bonds. The number of hydrogen-bond donors (Lipinski definition) is 0. The molecular formula is C20H16ClN3O8S2. The zero-order chi connectivity index (χ0) is 25.4. The summed E-state index contributed by atoms with van der Waals surface area (Å²) in [5.41, 5.74) is -1.13. The molecule has 0 aromatic heterocycles. The van der Waals surface area contributed by atoms with Gasteiger partial charge in [0.1, 0.15) is 0 Å². The SMILES string of the molecule is Cc1ccc(S(=O)(=O)N(c2cccc(Cl)c2)S(=O)(=O)c2ccc(C)c([N+](=O)[O-])c2)cc1[N+](=O)[O-]. The molecule has 0 unspecified atom stereocenters. The van der Waals surface area contributed by atoms with Crippen LogP contribution in [0.1, 0.15) is 11.1 Å². The van der Waals surface area contributed by atoms with Crippen molar-refractivity contribution < 1.29 is 26.7 Å². The van der Waals surface area contributed by atoms with Gasteiger partial charge < -0.3 is 0 Å². The van der Waals surface area contributed by atoms with Crippen LogP contribution in [0.4, 0.5) is 17.1 Å². The van der Waals surface area contributed by atoms with Crippen LogP contribution in [-0.2, 0) is 20.0 Å². The Hall–Kier alpha value is -3.55. The van der Waals surface area contributed by atoms with E-state index in [9.17, 15) is 37.1 Å². The first-order chi connectivity index (χ1) is 15.8. The summed E-state index contributed by atoms with van der Waals surface area (Å²) in [6.07, 6.45) is 0. The first kappa shape index (κ1) is 25.1. The Balaban J connectivity index is 2.34. The molecule has 0 N–H and O–H groups in total. The van der Waals surface area contributed by atoms with E-state index in [-0.39, 0.29) is 25.5 Å². The van der Waals surface area contributed by atoms with Crippen molar-refractivity contribution in [2.24, 2.45) is 0 Å². The molecule has 0 atom stereocenters. The van der Waals surface area contributed by atoms with Crippen LogP contribution in [0, 0.1) is 34.1 Å². The Kier molecular flexibility index (Phi) is 6.64. The number of rotatable bonds is 7. The Morgan fingerprint density at radius 3 is 1.56 bits per heavy atom. The molecular weight excluding hydrogens is 510 g/mol. The fourth-order valence-electron chi connectivity index (χ4n) is 3.08. The molecule has 14 heteroatoms. The predicted octanol–water partition coefficient (Wildman–Crippen LogP) is 4.36. The first-order valence-corrected chi connectivity index (χ1v) is 12.6. The smallest absolute Gasteiger partial charge is 0.258 e. The van der Waals surface area contributed by atoms with Crippen molar-refractivity contribution in [2.75, 3.05) is 3.71 Å². The third-order valence-corrected chi connectivity index (χ3v) is 9.21. The minimum absolute atomic E-state index is 0.0117. The van der Waals surface area contributed by atoms with Crippen molar-refractivity contribution in [3.63, 3.8) is 0 Å². The number of aryl methyl sites for hydroxylation is 2. The molecule has 0 aliphatic rings. The highest BCUT2D eigenvalue weighted by atomic mass is 35.5. The van der Waals surface area contributed by atoms with Gasteiger partial charge in [-0.05, 0) is 44.2 Å². The average molecular weight is 526 g/mol. The monoisotopic (exact) mass is 525 g/mol. The molecule has 11 nitrogen and oxygen atoms in total. The van der Waals surface area contributed by atoms with Crippen LogP contribution >= 0.6 is 11.6 Å². The molecule has 0 fully saturated rings. The highest BCUT2D eigenvalue weighted by molar-refractivity contribution is 8.10. The quantitative estimate of drug-likeness (QED) is 0.325. The molecule has 0 aliphatic carbocycles. The van der Waals surface area contributed by atoms with Crippen molar-refractivity contribution in [1.29, 1.82) is 0 Å². The van der Waals surface area contributed by atoms with Gasteiger partial charge in [0.15, 0.2) is 0 Å². The van der Waals surface area contributed by atoms with E-state index < -0.39 is 51.1 Å². The van der Waals surface area contributed by atoms with Gasteiger partial charge in [0.05, 0.1) is 25.3 Å². The molecule has 178 valence electrons. The number of hydrogen-bond acceptors (Lipinski definition) is 8. The van der Waals surface area contributed by atoms with Crippen LogP contribution in [0.2, 0.25) is 5.02 Å². The van der Waals surface area contributed by atoms with E-state index >= 15 is 0 Å². The summed E-state index contributed by atoms with van der Waals surface area (Å²) in [5, 5.41) is 22.7. The van der Waals surface area contributed by atoms with Gasteiger partial charge in [-0.1, -0.05) is 29.8 Å². The first-order valence-electron chi connectivity index (χ1n) is 9.33. The van der Waals surface area contributed by atoms with E-state index in [1.54, 1.807) is 0 Å². The fraction of sp³-hybridized carbons (Fsp3) is 0.100. The number of nitrogens with zero attached hydrogens (tertiary/aromatic N) is 3. The van der Waals surface area contributed by atoms with Crippen molar-refractivity contribution >= 4 is 48.7 Å². The molecule has 3 aromatic rings. The van der Waals surface area contributed by atoms with Crippen LogP contribution in [0.3, 0.4) is 0 Å². The van der Waals surface area contributed by atoms with Gasteiger partial charge in [-0.2, -0.15) is 3.71 Å². The van der Waals surface area contributed by atoms with Gasteiger partial charge in [-0.25, -0.2) is 16.8 Å². The summed E-state index contributed by atoms with van der Waals surface area (Å²) in [7, 11) is -9.96. The lowest BCUT2D eigenvalue weighted by molar-refractivity contribution is -0.385. The molecule has 0 saturated carbocycles. The van der Waals surface area contributed by atoms with Gasteiger partial charge >= 0.3 is 0 Å². The summed E-state index contributed by atoms with van der Waals surface area (Å²) >= 11 is 5.96. The summed E-state index contributed by atoms with van der Waals surface area (Å²) in [6, 6.07) is 10.8. The van der Waals surface area contributed by atoms with Gasteiger partial charge in [-0.3, -0.25) is 20.2 Å². The second-order valence-electron chi connectivity index (χ2n) is 7.10. The van der Waals surface area contributed by atoms with E-state index in [0.717, 1.165) is 36.4 Å². The standard InChI is InChI=1S/C20H16ClN3O8S2/c1-13-6-8-17(11-19(13)22(25)26)33(29,30)24(16-5-3-4-15(21)10-16)34(31,32)18-9-7-14(2)20(12-18)23(27)28/h3-12H,1-2H3. The molecule has 0 aliphatic heterocycles. The molecule has 0 saturated heterocycles. The van der Waals surface area contributed by atoms with Gasteiger partial charge in [0.2, 0.25) is 0 Å². The van der Waals surface area contributed by atoms with E-state index in [2.05, 4.69) is 0 Å². The highest BCUT2D eigenvalue weighted by Crippen LogP contribution is 2.35. The molecule has 0 bridgehead atoms. The Bertz CT molecular complexity index is 1450. The van der Waals surface area contributed by atoms with Crippen LogP contribution in [0.5, 0.6) is 0 Å². The van der Waals surface area contributed by atoms with Crippen molar-refractivity contribution in [3.05, 3.63) is 97.0 Å². The van der Waals surface area contributed by atoms with E-state index in [1.165, 1.54) is 38.1 Å².